The average molecular weight is 537 g/mol. The first-order valence-electron chi connectivity index (χ1n) is 10.3. The fourth-order valence-corrected chi connectivity index (χ4v) is 4.09. The largest absolute Gasteiger partial charge is 0.483 e. The highest BCUT2D eigenvalue weighted by Gasteiger charge is 2.11. The predicted molar refractivity (Wildman–Crippen MR) is 138 cm³/mol. The van der Waals surface area contributed by atoms with Gasteiger partial charge in [0, 0.05) is 31.6 Å². The molecule has 5 nitrogen and oxygen atoms in total. The molecule has 0 bridgehead atoms. The number of hydrogen-bond acceptors (Lipinski definition) is 3. The van der Waals surface area contributed by atoms with Crippen LogP contribution in [0.25, 0.3) is 16.5 Å². The van der Waals surface area contributed by atoms with E-state index in [9.17, 15) is 4.79 Å². The van der Waals surface area contributed by atoms with Crippen molar-refractivity contribution in [3.63, 3.8) is 0 Å². The monoisotopic (exact) mass is 537 g/mol. The molecule has 1 heterocycles. The summed E-state index contributed by atoms with van der Waals surface area (Å²) < 4.78 is 9.15. The summed E-state index contributed by atoms with van der Waals surface area (Å²) in [6.45, 7) is 6.12. The summed E-state index contributed by atoms with van der Waals surface area (Å²) in [7, 11) is 0. The maximum Gasteiger partial charge on any atom is 0.277 e. The van der Waals surface area contributed by atoms with Crippen molar-refractivity contribution in [3.05, 3.63) is 92.8 Å². The quantitative estimate of drug-likeness (QED) is 0.195. The highest BCUT2D eigenvalue weighted by Crippen LogP contribution is 2.25. The number of carbonyl (C=O) groups excluding carboxylic acids is 1. The summed E-state index contributed by atoms with van der Waals surface area (Å²) in [5, 5.41) is 6.19. The van der Waals surface area contributed by atoms with Gasteiger partial charge in [-0.2, -0.15) is 5.10 Å². The normalized spacial score (nSPS) is 11.2. The second kappa shape index (κ2) is 9.56. The molecule has 4 aromatic rings. The number of amides is 1. The van der Waals surface area contributed by atoms with Gasteiger partial charge >= 0.3 is 0 Å². The highest BCUT2D eigenvalue weighted by atomic mass is 127. The number of carbonyl (C=O) groups is 1. The predicted octanol–water partition coefficient (Wildman–Crippen LogP) is 5.69. The van der Waals surface area contributed by atoms with Crippen molar-refractivity contribution >= 4 is 45.5 Å². The lowest BCUT2D eigenvalue weighted by Crippen LogP contribution is -2.24. The Balaban J connectivity index is 1.41. The summed E-state index contributed by atoms with van der Waals surface area (Å²) in [6, 6.07) is 22.2. The lowest BCUT2D eigenvalue weighted by molar-refractivity contribution is -0.123. The smallest absolute Gasteiger partial charge is 0.277 e. The number of halogens is 1. The molecular weight excluding hydrogens is 513 g/mol. The van der Waals surface area contributed by atoms with Crippen LogP contribution < -0.4 is 10.2 Å². The van der Waals surface area contributed by atoms with Crippen LogP contribution in [0.2, 0.25) is 0 Å². The number of aromatic nitrogens is 1. The molecule has 0 radical (unpaired) electrons. The Labute approximate surface area is 201 Å². The Bertz CT molecular complexity index is 1320. The molecule has 6 heteroatoms. The van der Waals surface area contributed by atoms with E-state index in [0.29, 0.717) is 5.75 Å². The molecule has 3 aromatic carbocycles. The number of fused-ring (bicyclic) bond motifs is 1. The molecule has 0 fully saturated rings. The number of nitrogens with one attached hydrogen (secondary N) is 1. The van der Waals surface area contributed by atoms with Gasteiger partial charge in [-0.05, 0) is 84.6 Å². The van der Waals surface area contributed by atoms with Gasteiger partial charge in [0.15, 0.2) is 6.61 Å². The third-order valence-electron chi connectivity index (χ3n) is 5.37. The minimum atomic E-state index is -0.309. The maximum atomic E-state index is 12.2. The lowest BCUT2D eigenvalue weighted by Gasteiger charge is -2.11. The number of hydrogen-bond donors (Lipinski definition) is 1. The van der Waals surface area contributed by atoms with Gasteiger partial charge in [0.1, 0.15) is 5.75 Å². The van der Waals surface area contributed by atoms with Gasteiger partial charge in [-0.25, -0.2) is 5.43 Å². The van der Waals surface area contributed by atoms with Crippen molar-refractivity contribution in [2.24, 2.45) is 5.10 Å². The van der Waals surface area contributed by atoms with E-state index in [4.69, 9.17) is 4.74 Å². The topological polar surface area (TPSA) is 55.6 Å². The molecule has 0 spiro atoms. The molecular formula is C26H24IN3O2. The Morgan fingerprint density at radius 1 is 1.06 bits per heavy atom. The van der Waals surface area contributed by atoms with E-state index in [0.717, 1.165) is 33.4 Å². The maximum absolute atomic E-state index is 12.2. The molecule has 0 atom stereocenters. The molecule has 4 rings (SSSR count). The first-order chi connectivity index (χ1) is 15.4. The molecule has 0 saturated heterocycles. The van der Waals surface area contributed by atoms with E-state index < -0.39 is 0 Å². The SMILES string of the molecule is Cc1cc(-n2c(C)cc(C=NNC(=O)COc3cccc4ccccc34)c2C)ccc1I. The summed E-state index contributed by atoms with van der Waals surface area (Å²) >= 11 is 2.34. The van der Waals surface area contributed by atoms with Gasteiger partial charge in [-0.1, -0.05) is 36.4 Å². The molecule has 1 amide bonds. The third-order valence-corrected chi connectivity index (χ3v) is 6.58. The standard InChI is InChI=1S/C26H24IN3O2/c1-17-13-22(11-12-24(17)27)30-18(2)14-21(19(30)3)15-28-29-26(31)16-32-25-10-6-8-20-7-4-5-9-23(20)25/h4-15H,16H2,1-3H3,(H,29,31). The molecule has 162 valence electrons. The molecule has 0 aliphatic heterocycles. The first kappa shape index (κ1) is 22.1. The fraction of sp³-hybridized carbons (Fsp3) is 0.154. The van der Waals surface area contributed by atoms with Gasteiger partial charge < -0.3 is 9.30 Å². The van der Waals surface area contributed by atoms with E-state index >= 15 is 0 Å². The second-order valence-corrected chi connectivity index (χ2v) is 8.82. The number of nitrogens with zero attached hydrogens (tertiary/aromatic N) is 2. The number of benzene rings is 3. The van der Waals surface area contributed by atoms with E-state index in [1.165, 1.54) is 9.13 Å². The van der Waals surface area contributed by atoms with Gasteiger partial charge in [0.25, 0.3) is 5.91 Å². The minimum absolute atomic E-state index is 0.105. The Morgan fingerprint density at radius 3 is 2.66 bits per heavy atom. The molecule has 0 aliphatic carbocycles. The van der Waals surface area contributed by atoms with Crippen molar-refractivity contribution in [1.29, 1.82) is 0 Å². The van der Waals surface area contributed by atoms with Crippen LogP contribution >= 0.6 is 22.6 Å². The van der Waals surface area contributed by atoms with Gasteiger partial charge in [-0.15, -0.1) is 0 Å². The van der Waals surface area contributed by atoms with Crippen molar-refractivity contribution in [2.75, 3.05) is 6.61 Å². The van der Waals surface area contributed by atoms with Crippen LogP contribution in [0.3, 0.4) is 0 Å². The van der Waals surface area contributed by atoms with Crippen LogP contribution in [-0.2, 0) is 4.79 Å². The highest BCUT2D eigenvalue weighted by molar-refractivity contribution is 14.1. The van der Waals surface area contributed by atoms with Gasteiger partial charge in [0.05, 0.1) is 6.21 Å². The number of aryl methyl sites for hydroxylation is 2. The first-order valence-corrected chi connectivity index (χ1v) is 11.4. The second-order valence-electron chi connectivity index (χ2n) is 7.65. The lowest BCUT2D eigenvalue weighted by atomic mass is 10.1. The zero-order valence-electron chi connectivity index (χ0n) is 18.2. The molecule has 1 aromatic heterocycles. The molecule has 0 saturated carbocycles. The summed E-state index contributed by atoms with van der Waals surface area (Å²) in [5.74, 6) is 0.370. The van der Waals surface area contributed by atoms with E-state index in [-0.39, 0.29) is 12.5 Å². The van der Waals surface area contributed by atoms with Crippen LogP contribution in [0, 0.1) is 24.3 Å². The molecule has 1 N–H and O–H groups in total. The number of rotatable bonds is 6. The number of ether oxygens (including phenoxy) is 1. The minimum Gasteiger partial charge on any atom is -0.483 e. The van der Waals surface area contributed by atoms with E-state index in [1.54, 1.807) is 6.21 Å². The Hall–Kier alpha value is -3.13. The van der Waals surface area contributed by atoms with Crippen molar-refractivity contribution in [1.82, 2.24) is 9.99 Å². The van der Waals surface area contributed by atoms with Gasteiger partial charge in [-0.3, -0.25) is 4.79 Å². The van der Waals surface area contributed by atoms with Crippen LogP contribution in [0.4, 0.5) is 0 Å². The summed E-state index contributed by atoms with van der Waals surface area (Å²) in [4.78, 5) is 12.2. The van der Waals surface area contributed by atoms with Crippen molar-refractivity contribution < 1.29 is 9.53 Å². The Kier molecular flexibility index (Phi) is 6.60. The van der Waals surface area contributed by atoms with Crippen LogP contribution in [0.15, 0.2) is 71.8 Å². The molecule has 32 heavy (non-hydrogen) atoms. The average Bonchev–Trinajstić information content (AvgIpc) is 3.07. The van der Waals surface area contributed by atoms with Crippen molar-refractivity contribution in [2.45, 2.75) is 20.8 Å². The number of hydrazone groups is 1. The van der Waals surface area contributed by atoms with Crippen LogP contribution in [0.1, 0.15) is 22.5 Å². The zero-order valence-corrected chi connectivity index (χ0v) is 20.4. The van der Waals surface area contributed by atoms with E-state index in [1.807, 2.05) is 49.4 Å². The van der Waals surface area contributed by atoms with E-state index in [2.05, 4.69) is 75.8 Å². The molecule has 0 aliphatic rings. The van der Waals surface area contributed by atoms with Crippen molar-refractivity contribution in [3.8, 4) is 11.4 Å². The van der Waals surface area contributed by atoms with Crippen LogP contribution in [0.5, 0.6) is 5.75 Å². The fourth-order valence-electron chi connectivity index (χ4n) is 3.75. The summed E-state index contributed by atoms with van der Waals surface area (Å²) in [6.07, 6.45) is 1.67. The molecule has 0 unspecified atom stereocenters. The summed E-state index contributed by atoms with van der Waals surface area (Å²) in [5.41, 5.74) is 8.04. The third kappa shape index (κ3) is 4.70. The zero-order chi connectivity index (χ0) is 22.7. The Morgan fingerprint density at radius 2 is 1.84 bits per heavy atom. The van der Waals surface area contributed by atoms with Crippen LogP contribution in [-0.4, -0.2) is 23.3 Å². The van der Waals surface area contributed by atoms with Gasteiger partial charge in [0.2, 0.25) is 0 Å².